The molecule has 3 aromatic carbocycles. The maximum atomic E-state index is 14.1. The molecule has 3 aromatic heterocycles. The lowest BCUT2D eigenvalue weighted by Gasteiger charge is -2.17. The highest BCUT2D eigenvalue weighted by Gasteiger charge is 2.44. The lowest BCUT2D eigenvalue weighted by Crippen LogP contribution is -2.23. The molecule has 0 radical (unpaired) electrons. The highest BCUT2D eigenvalue weighted by atomic mass is 19.1. The van der Waals surface area contributed by atoms with E-state index in [1.165, 1.54) is 23.3 Å². The Morgan fingerprint density at radius 1 is 0.935 bits per heavy atom. The highest BCUT2D eigenvalue weighted by molar-refractivity contribution is 6.08. The van der Waals surface area contributed by atoms with E-state index in [0.717, 1.165) is 53.4 Å². The number of rotatable bonds is 6. The van der Waals surface area contributed by atoms with Gasteiger partial charge in [-0.05, 0) is 85.0 Å². The number of amides is 1. The van der Waals surface area contributed by atoms with Crippen LogP contribution in [-0.4, -0.2) is 42.3 Å². The van der Waals surface area contributed by atoms with Gasteiger partial charge in [0.25, 0.3) is 5.91 Å². The van der Waals surface area contributed by atoms with Gasteiger partial charge in [-0.15, -0.1) is 0 Å². The van der Waals surface area contributed by atoms with E-state index < -0.39 is 5.76 Å². The molecule has 1 saturated heterocycles. The first-order valence-corrected chi connectivity index (χ1v) is 15.8. The van der Waals surface area contributed by atoms with Crippen LogP contribution in [0.3, 0.4) is 0 Å². The number of nitrogens with zero attached hydrogens (tertiary/aromatic N) is 5. The second-order valence-corrected chi connectivity index (χ2v) is 12.4. The van der Waals surface area contributed by atoms with Crippen molar-refractivity contribution in [3.63, 3.8) is 0 Å². The molecule has 0 unspecified atom stereocenters. The van der Waals surface area contributed by atoms with Crippen molar-refractivity contribution in [1.82, 2.24) is 29.8 Å². The molecule has 1 N–H and O–H groups in total. The smallest absolute Gasteiger partial charge is 0.330 e. The van der Waals surface area contributed by atoms with E-state index in [2.05, 4.69) is 51.4 Å². The first-order chi connectivity index (χ1) is 22.5. The summed E-state index contributed by atoms with van der Waals surface area (Å²) in [5.41, 5.74) is 8.54. The number of fused-ring (bicyclic) bond motifs is 5. The number of aromatic amines is 1. The maximum absolute atomic E-state index is 14.1. The van der Waals surface area contributed by atoms with Crippen LogP contribution in [-0.2, 0) is 19.3 Å². The summed E-state index contributed by atoms with van der Waals surface area (Å²) < 4.78 is 20.7. The van der Waals surface area contributed by atoms with Gasteiger partial charge in [0.15, 0.2) is 5.82 Å². The zero-order chi connectivity index (χ0) is 30.9. The maximum Gasteiger partial charge on any atom is 0.439 e. The number of pyridine rings is 1. The Balaban J connectivity index is 1.23. The molecule has 2 aliphatic heterocycles. The van der Waals surface area contributed by atoms with Crippen LogP contribution in [0.25, 0.3) is 33.4 Å². The van der Waals surface area contributed by atoms with Crippen LogP contribution in [0, 0.1) is 5.82 Å². The molecule has 9 rings (SSSR count). The van der Waals surface area contributed by atoms with Crippen molar-refractivity contribution in [1.29, 1.82) is 0 Å². The Morgan fingerprint density at radius 3 is 2.65 bits per heavy atom. The predicted molar refractivity (Wildman–Crippen MR) is 169 cm³/mol. The Morgan fingerprint density at radius 2 is 1.80 bits per heavy atom. The fourth-order valence-corrected chi connectivity index (χ4v) is 7.70. The van der Waals surface area contributed by atoms with Gasteiger partial charge in [0.1, 0.15) is 5.82 Å². The van der Waals surface area contributed by atoms with Crippen molar-refractivity contribution < 1.29 is 13.7 Å². The topological polar surface area (TPSA) is 110 Å². The minimum absolute atomic E-state index is 0.0597. The number of hydrogen-bond donors (Lipinski definition) is 1. The van der Waals surface area contributed by atoms with E-state index in [0.29, 0.717) is 41.8 Å². The average molecular weight is 613 g/mol. The first kappa shape index (κ1) is 27.0. The number of carbonyl (C=O) groups is 1. The molecule has 0 saturated carbocycles. The van der Waals surface area contributed by atoms with E-state index in [-0.39, 0.29) is 29.6 Å². The van der Waals surface area contributed by atoms with Gasteiger partial charge in [-0.2, -0.15) is 5.10 Å². The van der Waals surface area contributed by atoms with Crippen LogP contribution in [0.1, 0.15) is 69.8 Å². The minimum atomic E-state index is -0.688. The summed E-state index contributed by atoms with van der Waals surface area (Å²) >= 11 is 0. The number of carbonyl (C=O) groups excluding carboxylic acids is 1. The van der Waals surface area contributed by atoms with Crippen LogP contribution in [0.15, 0.2) is 82.2 Å². The minimum Gasteiger partial charge on any atom is -0.330 e. The molecule has 1 amide bonds. The van der Waals surface area contributed by atoms with Crippen LogP contribution < -0.4 is 5.76 Å². The van der Waals surface area contributed by atoms with E-state index in [9.17, 15) is 14.0 Å². The third kappa shape index (κ3) is 4.23. The van der Waals surface area contributed by atoms with Gasteiger partial charge in [0.2, 0.25) is 0 Å². The van der Waals surface area contributed by atoms with Crippen molar-refractivity contribution in [2.45, 2.75) is 50.6 Å². The lowest BCUT2D eigenvalue weighted by atomic mass is 9.89. The Kier molecular flexibility index (Phi) is 6.06. The molecule has 6 aromatic rings. The summed E-state index contributed by atoms with van der Waals surface area (Å²) in [4.78, 5) is 36.1. The van der Waals surface area contributed by atoms with Gasteiger partial charge in [-0.25, -0.2) is 9.18 Å². The molecule has 2 atom stereocenters. The molecular formula is C36H29FN6O3. The molecule has 9 nitrogen and oxygen atoms in total. The molecule has 5 heterocycles. The molecule has 46 heavy (non-hydrogen) atoms. The number of hydrogen-bond acceptors (Lipinski definition) is 6. The summed E-state index contributed by atoms with van der Waals surface area (Å²) in [6, 6.07) is 21.1. The van der Waals surface area contributed by atoms with E-state index >= 15 is 0 Å². The van der Waals surface area contributed by atoms with Crippen LogP contribution in [0.2, 0.25) is 0 Å². The zero-order valence-electron chi connectivity index (χ0n) is 24.9. The number of H-pyrrole nitrogens is 1. The normalized spacial score (nSPS) is 18.4. The van der Waals surface area contributed by atoms with Crippen molar-refractivity contribution in [2.24, 2.45) is 0 Å². The van der Waals surface area contributed by atoms with Gasteiger partial charge in [-0.1, -0.05) is 47.6 Å². The van der Waals surface area contributed by atoms with E-state index in [1.54, 1.807) is 12.1 Å². The van der Waals surface area contributed by atoms with Gasteiger partial charge < -0.3 is 4.90 Å². The first-order valence-electron chi connectivity index (χ1n) is 15.8. The van der Waals surface area contributed by atoms with E-state index in [4.69, 9.17) is 14.6 Å². The Bertz CT molecular complexity index is 2230. The number of nitrogens with one attached hydrogen (secondary N) is 1. The zero-order valence-corrected chi connectivity index (χ0v) is 24.9. The van der Waals surface area contributed by atoms with E-state index in [1.807, 2.05) is 17.0 Å². The van der Waals surface area contributed by atoms with Crippen LogP contribution in [0.5, 0.6) is 0 Å². The standard InChI is InChI=1S/C36H29FN6O3/c37-24-12-7-20(8-13-24)9-14-27-31(34-39-36(45)46-41-34)30(32-33(38-27)29-6-3-17-42(29)35(32)44)22-10-15-26-23(18-22)19-43(40-26)28-16-11-21-4-1-2-5-25(21)28/h1-2,4-5,7-8,10,12-13,15,18-19,28-29H,3,6,9,11,14,16-17H2,(H,39,41,45)/t28-,29-/m0/s1. The quantitative estimate of drug-likeness (QED) is 0.240. The molecule has 228 valence electrons. The van der Waals surface area contributed by atoms with Crippen LogP contribution >= 0.6 is 0 Å². The molecule has 3 aliphatic rings. The lowest BCUT2D eigenvalue weighted by molar-refractivity contribution is 0.0776. The fraction of sp³-hybridized carbons (Fsp3) is 0.250. The number of aromatic nitrogens is 5. The highest BCUT2D eigenvalue weighted by Crippen LogP contribution is 2.48. The van der Waals surface area contributed by atoms with Gasteiger partial charge in [0.05, 0.1) is 40.1 Å². The van der Waals surface area contributed by atoms with Crippen molar-refractivity contribution >= 4 is 16.8 Å². The van der Waals surface area contributed by atoms with Crippen LogP contribution in [0.4, 0.5) is 4.39 Å². The SMILES string of the molecule is O=C1c2c(nc(CCc3ccc(F)cc3)c(-c3noc(=O)[nH]3)c2-c2ccc3nn([C@H]4CCc5ccccc54)cc3c2)[C@@H]2CCCN12. The van der Waals surface area contributed by atoms with Gasteiger partial charge in [-0.3, -0.25) is 24.0 Å². The summed E-state index contributed by atoms with van der Waals surface area (Å²) in [6.07, 6.45) is 6.93. The second-order valence-electron chi connectivity index (χ2n) is 12.4. The molecule has 1 fully saturated rings. The number of aryl methyl sites for hydroxylation is 3. The molecular weight excluding hydrogens is 583 g/mol. The molecule has 0 spiro atoms. The number of benzene rings is 3. The summed E-state index contributed by atoms with van der Waals surface area (Å²) in [6.45, 7) is 0.676. The molecule has 1 aliphatic carbocycles. The largest absolute Gasteiger partial charge is 0.439 e. The third-order valence-corrected chi connectivity index (χ3v) is 9.82. The third-order valence-electron chi connectivity index (χ3n) is 9.82. The number of halogens is 1. The van der Waals surface area contributed by atoms with Gasteiger partial charge in [0, 0.05) is 23.7 Å². The summed E-state index contributed by atoms with van der Waals surface area (Å²) in [7, 11) is 0. The summed E-state index contributed by atoms with van der Waals surface area (Å²) in [5.74, 6) is -0.817. The fourth-order valence-electron chi connectivity index (χ4n) is 7.70. The summed E-state index contributed by atoms with van der Waals surface area (Å²) in [5, 5.41) is 10.00. The van der Waals surface area contributed by atoms with Crippen molar-refractivity contribution in [2.75, 3.05) is 6.54 Å². The molecule has 0 bridgehead atoms. The van der Waals surface area contributed by atoms with Gasteiger partial charge >= 0.3 is 5.76 Å². The Hall–Kier alpha value is -5.38. The predicted octanol–water partition coefficient (Wildman–Crippen LogP) is 6.19. The average Bonchev–Trinajstić information content (AvgIpc) is 3.90. The molecule has 10 heteroatoms. The van der Waals surface area contributed by atoms with Crippen molar-refractivity contribution in [3.05, 3.63) is 123 Å². The monoisotopic (exact) mass is 612 g/mol. The second kappa shape index (κ2) is 10.3. The Labute approximate surface area is 262 Å². The van der Waals surface area contributed by atoms with Crippen molar-refractivity contribution in [3.8, 4) is 22.5 Å².